The highest BCUT2D eigenvalue weighted by atomic mass is 127. The molecule has 112 valence electrons. The molecule has 3 nitrogen and oxygen atoms in total. The average Bonchev–Trinajstić information content (AvgIpc) is 2.41. The van der Waals surface area contributed by atoms with Crippen LogP contribution in [0.1, 0.15) is 30.9 Å². The van der Waals surface area contributed by atoms with E-state index < -0.39 is 0 Å². The van der Waals surface area contributed by atoms with Gasteiger partial charge in [0.25, 0.3) is 0 Å². The van der Waals surface area contributed by atoms with Gasteiger partial charge in [-0.15, -0.1) is 0 Å². The Kier molecular flexibility index (Phi) is 5.81. The number of hydrogen-bond acceptors (Lipinski definition) is 3. The molecule has 0 fully saturated rings. The average molecular weight is 416 g/mol. The van der Waals surface area contributed by atoms with Crippen LogP contribution in [-0.2, 0) is 12.8 Å². The number of aromatic nitrogens is 2. The van der Waals surface area contributed by atoms with Crippen LogP contribution in [0.2, 0.25) is 5.02 Å². The number of nitrogens with one attached hydrogen (secondary N) is 1. The molecule has 21 heavy (non-hydrogen) atoms. The van der Waals surface area contributed by atoms with E-state index in [1.807, 2.05) is 31.3 Å². The first-order valence-electron chi connectivity index (χ1n) is 6.97. The Hall–Kier alpha value is -0.880. The van der Waals surface area contributed by atoms with Crippen LogP contribution in [0.15, 0.2) is 24.3 Å². The Balaban J connectivity index is 2.34. The molecule has 0 unspecified atom stereocenters. The molecule has 1 heterocycles. The Morgan fingerprint density at radius 2 is 2.05 bits per heavy atom. The summed E-state index contributed by atoms with van der Waals surface area (Å²) in [5, 5.41) is 3.91. The largest absolute Gasteiger partial charge is 0.372 e. The predicted octanol–water partition coefficient (Wildman–Crippen LogP) is 4.57. The van der Waals surface area contributed by atoms with Crippen molar-refractivity contribution in [3.8, 4) is 0 Å². The van der Waals surface area contributed by atoms with Crippen molar-refractivity contribution in [2.45, 2.75) is 26.7 Å². The highest BCUT2D eigenvalue weighted by molar-refractivity contribution is 14.1. The number of hydrogen-bond donors (Lipinski definition) is 1. The van der Waals surface area contributed by atoms with Gasteiger partial charge < -0.3 is 5.32 Å². The molecule has 1 aromatic heterocycles. The second-order valence-corrected chi connectivity index (χ2v) is 6.92. The van der Waals surface area contributed by atoms with Gasteiger partial charge >= 0.3 is 0 Å². The van der Waals surface area contributed by atoms with E-state index in [1.54, 1.807) is 0 Å². The van der Waals surface area contributed by atoms with Gasteiger partial charge in [-0.2, -0.15) is 0 Å². The minimum atomic E-state index is 0.567. The standard InChI is InChI=1S/C16H19ClIN3/c1-10(2)7-13-15(18)16(19-3)21-14(20-13)9-11-5-4-6-12(17)8-11/h4-6,8,10H,7,9H2,1-3H3,(H,19,20,21). The lowest BCUT2D eigenvalue weighted by Gasteiger charge is -2.13. The van der Waals surface area contributed by atoms with E-state index >= 15 is 0 Å². The van der Waals surface area contributed by atoms with Gasteiger partial charge in [0.2, 0.25) is 0 Å². The molecule has 0 saturated heterocycles. The lowest BCUT2D eigenvalue weighted by molar-refractivity contribution is 0.628. The van der Waals surface area contributed by atoms with Gasteiger partial charge in [-0.3, -0.25) is 0 Å². The molecule has 5 heteroatoms. The van der Waals surface area contributed by atoms with Crippen molar-refractivity contribution < 1.29 is 0 Å². The van der Waals surface area contributed by atoms with E-state index in [-0.39, 0.29) is 0 Å². The quantitative estimate of drug-likeness (QED) is 0.727. The first-order chi connectivity index (χ1) is 9.99. The van der Waals surface area contributed by atoms with Gasteiger partial charge in [0, 0.05) is 18.5 Å². The topological polar surface area (TPSA) is 37.8 Å². The third kappa shape index (κ3) is 4.54. The molecular formula is C16H19ClIN3. The van der Waals surface area contributed by atoms with Crippen LogP contribution in [0.25, 0.3) is 0 Å². The summed E-state index contributed by atoms with van der Waals surface area (Å²) in [4.78, 5) is 9.36. The van der Waals surface area contributed by atoms with Gasteiger partial charge in [0.15, 0.2) is 0 Å². The SMILES string of the molecule is CNc1nc(Cc2cccc(Cl)c2)nc(CC(C)C)c1I. The zero-order valence-electron chi connectivity index (χ0n) is 12.5. The minimum Gasteiger partial charge on any atom is -0.372 e. The predicted molar refractivity (Wildman–Crippen MR) is 97.1 cm³/mol. The Morgan fingerprint density at radius 3 is 2.67 bits per heavy atom. The second kappa shape index (κ2) is 7.40. The highest BCUT2D eigenvalue weighted by Crippen LogP contribution is 2.22. The van der Waals surface area contributed by atoms with Crippen molar-refractivity contribution in [2.75, 3.05) is 12.4 Å². The summed E-state index contributed by atoms with van der Waals surface area (Å²) in [7, 11) is 1.90. The molecule has 0 bridgehead atoms. The van der Waals surface area contributed by atoms with Crippen molar-refractivity contribution in [2.24, 2.45) is 5.92 Å². The van der Waals surface area contributed by atoms with Gasteiger partial charge in [0.1, 0.15) is 11.6 Å². The van der Waals surface area contributed by atoms with Crippen molar-refractivity contribution in [3.05, 3.63) is 49.9 Å². The van der Waals surface area contributed by atoms with Gasteiger partial charge in [0.05, 0.1) is 9.26 Å². The van der Waals surface area contributed by atoms with Crippen molar-refractivity contribution in [1.82, 2.24) is 9.97 Å². The maximum Gasteiger partial charge on any atom is 0.143 e. The third-order valence-corrected chi connectivity index (χ3v) is 4.42. The van der Waals surface area contributed by atoms with Crippen LogP contribution in [0.4, 0.5) is 5.82 Å². The zero-order valence-corrected chi connectivity index (χ0v) is 15.4. The summed E-state index contributed by atoms with van der Waals surface area (Å²) in [6.07, 6.45) is 1.65. The van der Waals surface area contributed by atoms with Crippen LogP contribution in [0.3, 0.4) is 0 Å². The van der Waals surface area contributed by atoms with Gasteiger partial charge in [-0.05, 0) is 52.6 Å². The number of anilines is 1. The molecule has 0 spiro atoms. The smallest absolute Gasteiger partial charge is 0.143 e. The summed E-state index contributed by atoms with van der Waals surface area (Å²) in [6.45, 7) is 4.40. The summed E-state index contributed by atoms with van der Waals surface area (Å²) in [6, 6.07) is 7.85. The second-order valence-electron chi connectivity index (χ2n) is 5.40. The van der Waals surface area contributed by atoms with Crippen LogP contribution >= 0.6 is 34.2 Å². The Morgan fingerprint density at radius 1 is 1.29 bits per heavy atom. The fourth-order valence-corrected chi connectivity index (χ4v) is 3.08. The van der Waals surface area contributed by atoms with E-state index in [1.165, 1.54) is 0 Å². The fourth-order valence-electron chi connectivity index (χ4n) is 2.14. The minimum absolute atomic E-state index is 0.567. The Labute approximate surface area is 144 Å². The van der Waals surface area contributed by atoms with Gasteiger partial charge in [-0.1, -0.05) is 37.6 Å². The maximum atomic E-state index is 6.04. The molecule has 0 atom stereocenters. The molecule has 0 saturated carbocycles. The molecule has 1 N–H and O–H groups in total. The molecule has 1 aromatic carbocycles. The van der Waals surface area contributed by atoms with E-state index in [0.29, 0.717) is 12.3 Å². The van der Waals surface area contributed by atoms with Crippen molar-refractivity contribution in [1.29, 1.82) is 0 Å². The first-order valence-corrected chi connectivity index (χ1v) is 8.42. The lowest BCUT2D eigenvalue weighted by atomic mass is 10.1. The van der Waals surface area contributed by atoms with Crippen LogP contribution in [-0.4, -0.2) is 17.0 Å². The lowest BCUT2D eigenvalue weighted by Crippen LogP contribution is -2.10. The number of nitrogens with zero attached hydrogens (tertiary/aromatic N) is 2. The molecule has 0 aliphatic carbocycles. The van der Waals surface area contributed by atoms with Crippen molar-refractivity contribution in [3.63, 3.8) is 0 Å². The first kappa shape index (κ1) is 16.5. The number of rotatable bonds is 5. The summed E-state index contributed by atoms with van der Waals surface area (Å²) in [5.74, 6) is 2.30. The number of halogens is 2. The summed E-state index contributed by atoms with van der Waals surface area (Å²) < 4.78 is 1.11. The van der Waals surface area contributed by atoms with E-state index in [4.69, 9.17) is 16.6 Å². The van der Waals surface area contributed by atoms with Crippen LogP contribution < -0.4 is 5.32 Å². The van der Waals surface area contributed by atoms with E-state index in [0.717, 1.165) is 37.9 Å². The maximum absolute atomic E-state index is 6.04. The molecule has 0 radical (unpaired) electrons. The fraction of sp³-hybridized carbons (Fsp3) is 0.375. The Bertz CT molecular complexity index is 629. The van der Waals surface area contributed by atoms with Crippen molar-refractivity contribution >= 4 is 40.0 Å². The molecule has 0 amide bonds. The molecule has 0 aliphatic rings. The zero-order chi connectivity index (χ0) is 15.4. The normalized spacial score (nSPS) is 11.0. The monoisotopic (exact) mass is 415 g/mol. The highest BCUT2D eigenvalue weighted by Gasteiger charge is 2.13. The molecular weight excluding hydrogens is 397 g/mol. The molecule has 2 aromatic rings. The third-order valence-electron chi connectivity index (χ3n) is 3.06. The molecule has 0 aliphatic heterocycles. The van der Waals surface area contributed by atoms with E-state index in [2.05, 4.69) is 46.7 Å². The molecule has 2 rings (SSSR count). The van der Waals surface area contributed by atoms with E-state index in [9.17, 15) is 0 Å². The van der Waals surface area contributed by atoms with Gasteiger partial charge in [-0.25, -0.2) is 9.97 Å². The van der Waals surface area contributed by atoms with Crippen LogP contribution in [0, 0.1) is 9.49 Å². The number of benzene rings is 1. The summed E-state index contributed by atoms with van der Waals surface area (Å²) >= 11 is 8.36. The van der Waals surface area contributed by atoms with Crippen LogP contribution in [0.5, 0.6) is 0 Å². The summed E-state index contributed by atoms with van der Waals surface area (Å²) in [5.41, 5.74) is 2.24.